The number of hydrogen-bond acceptors (Lipinski definition) is 2. The average Bonchev–Trinajstić information content (AvgIpc) is 2.37. The summed E-state index contributed by atoms with van der Waals surface area (Å²) < 4.78 is 53.7. The monoisotopic (exact) mass is 390 g/mol. The van der Waals surface area contributed by atoms with Crippen molar-refractivity contribution in [2.45, 2.75) is 33.0 Å². The summed E-state index contributed by atoms with van der Waals surface area (Å²) in [6.45, 7) is 8.43. The molecule has 2 nitrogen and oxygen atoms in total. The maximum atomic E-state index is 13.7. The van der Waals surface area contributed by atoms with Crippen molar-refractivity contribution < 1.29 is 17.6 Å². The average molecular weight is 391 g/mol. The van der Waals surface area contributed by atoms with E-state index in [1.807, 2.05) is 25.7 Å². The first kappa shape index (κ1) is 23.4. The van der Waals surface area contributed by atoms with Gasteiger partial charge >= 0.3 is 6.18 Å². The molecule has 1 atom stereocenters. The van der Waals surface area contributed by atoms with Gasteiger partial charge in [-0.05, 0) is 29.2 Å². The molecule has 2 rings (SSSR count). The van der Waals surface area contributed by atoms with Gasteiger partial charge in [0.1, 0.15) is 5.82 Å². The predicted octanol–water partition coefficient (Wildman–Crippen LogP) is 4.68. The van der Waals surface area contributed by atoms with Crippen molar-refractivity contribution in [3.05, 3.63) is 35.1 Å². The van der Waals surface area contributed by atoms with Crippen LogP contribution >= 0.6 is 24.8 Å². The van der Waals surface area contributed by atoms with Crippen LogP contribution in [0.4, 0.5) is 17.6 Å². The largest absolute Gasteiger partial charge is 0.416 e. The van der Waals surface area contributed by atoms with Gasteiger partial charge in [0.15, 0.2) is 0 Å². The molecule has 1 aromatic rings. The molecule has 0 aliphatic carbocycles. The highest BCUT2D eigenvalue weighted by Crippen LogP contribution is 2.44. The first-order chi connectivity index (χ1) is 10.1. The fourth-order valence-electron chi connectivity index (χ4n) is 3.17. The Balaban J connectivity index is 0.00000264. The summed E-state index contributed by atoms with van der Waals surface area (Å²) in [6, 6.07) is 2.29. The second-order valence-corrected chi connectivity index (χ2v) is 6.78. The Morgan fingerprint density at radius 3 is 2.04 bits per heavy atom. The third-order valence-electron chi connectivity index (χ3n) is 3.95. The van der Waals surface area contributed by atoms with Crippen LogP contribution in [-0.2, 0) is 6.18 Å². The topological polar surface area (TPSA) is 15.3 Å². The summed E-state index contributed by atoms with van der Waals surface area (Å²) >= 11 is 0. The Labute approximate surface area is 152 Å². The molecule has 0 unspecified atom stereocenters. The Hall–Kier alpha value is -0.560. The summed E-state index contributed by atoms with van der Waals surface area (Å²) in [6.07, 6.45) is -4.49. The van der Waals surface area contributed by atoms with E-state index in [0.29, 0.717) is 13.1 Å². The van der Waals surface area contributed by atoms with Gasteiger partial charge in [-0.25, -0.2) is 4.39 Å². The molecule has 1 aromatic carbocycles. The zero-order valence-corrected chi connectivity index (χ0v) is 15.5. The summed E-state index contributed by atoms with van der Waals surface area (Å²) in [4.78, 5) is 2.01. The van der Waals surface area contributed by atoms with Crippen molar-refractivity contribution in [3.8, 4) is 0 Å². The Kier molecular flexibility index (Phi) is 8.49. The highest BCUT2D eigenvalue weighted by Gasteiger charge is 2.40. The minimum atomic E-state index is -4.49. The fraction of sp³-hybridized carbons (Fsp3) is 0.625. The zero-order valence-electron chi connectivity index (χ0n) is 13.9. The second kappa shape index (κ2) is 8.70. The van der Waals surface area contributed by atoms with Crippen molar-refractivity contribution in [3.63, 3.8) is 0 Å². The van der Waals surface area contributed by atoms with Gasteiger partial charge in [-0.2, -0.15) is 13.2 Å². The van der Waals surface area contributed by atoms with Crippen molar-refractivity contribution in [1.29, 1.82) is 0 Å². The van der Waals surface area contributed by atoms with E-state index >= 15 is 0 Å². The van der Waals surface area contributed by atoms with Gasteiger partial charge in [0.25, 0.3) is 0 Å². The molecule has 1 fully saturated rings. The van der Waals surface area contributed by atoms with E-state index in [0.717, 1.165) is 31.3 Å². The lowest BCUT2D eigenvalue weighted by molar-refractivity contribution is -0.139. The number of nitrogens with one attached hydrogen (secondary N) is 1. The molecule has 0 bridgehead atoms. The third-order valence-corrected chi connectivity index (χ3v) is 3.95. The second-order valence-electron chi connectivity index (χ2n) is 6.78. The maximum Gasteiger partial charge on any atom is 0.416 e. The summed E-state index contributed by atoms with van der Waals surface area (Å²) in [5.41, 5.74) is -1.15. The van der Waals surface area contributed by atoms with Crippen molar-refractivity contribution in [1.82, 2.24) is 10.2 Å². The standard InChI is InChI=1S/C16H22F4N2.2ClH/c1-15(2,3)14(22-8-6-21-7-9-22)12-10-11(17)4-5-13(12)16(18,19)20;;/h4-5,10,14,21H,6-9H2,1-3H3;2*1H/t14-;;/m1../s1. The summed E-state index contributed by atoms with van der Waals surface area (Å²) in [7, 11) is 0. The molecule has 1 N–H and O–H groups in total. The molecule has 1 aliphatic rings. The number of hydrogen-bond donors (Lipinski definition) is 1. The van der Waals surface area contributed by atoms with E-state index in [-0.39, 0.29) is 30.4 Å². The molecule has 1 aliphatic heterocycles. The molecular weight excluding hydrogens is 367 g/mol. The molecule has 0 saturated carbocycles. The van der Waals surface area contributed by atoms with Crippen LogP contribution in [0, 0.1) is 11.2 Å². The van der Waals surface area contributed by atoms with Crippen LogP contribution in [0.3, 0.4) is 0 Å². The van der Waals surface area contributed by atoms with Gasteiger partial charge in [0.2, 0.25) is 0 Å². The molecule has 0 amide bonds. The molecule has 1 heterocycles. The van der Waals surface area contributed by atoms with E-state index in [4.69, 9.17) is 0 Å². The number of alkyl halides is 3. The number of piperazine rings is 1. The van der Waals surface area contributed by atoms with Crippen molar-refractivity contribution in [2.75, 3.05) is 26.2 Å². The lowest BCUT2D eigenvalue weighted by Gasteiger charge is -2.43. The van der Waals surface area contributed by atoms with Crippen LogP contribution in [0.5, 0.6) is 0 Å². The van der Waals surface area contributed by atoms with Crippen LogP contribution in [-0.4, -0.2) is 31.1 Å². The summed E-state index contributed by atoms with van der Waals surface area (Å²) in [5, 5.41) is 3.19. The number of halogens is 6. The number of benzene rings is 1. The fourth-order valence-corrected chi connectivity index (χ4v) is 3.17. The van der Waals surface area contributed by atoms with Gasteiger partial charge in [0, 0.05) is 32.2 Å². The predicted molar refractivity (Wildman–Crippen MR) is 92.5 cm³/mol. The normalized spacial score (nSPS) is 17.6. The molecule has 0 radical (unpaired) electrons. The van der Waals surface area contributed by atoms with Crippen LogP contribution in [0.1, 0.15) is 37.9 Å². The van der Waals surface area contributed by atoms with Crippen LogP contribution < -0.4 is 5.32 Å². The van der Waals surface area contributed by atoms with E-state index in [9.17, 15) is 17.6 Å². The zero-order chi connectivity index (χ0) is 16.5. The van der Waals surface area contributed by atoms with Gasteiger partial charge < -0.3 is 5.32 Å². The van der Waals surface area contributed by atoms with E-state index in [1.165, 1.54) is 0 Å². The molecule has 0 spiro atoms. The van der Waals surface area contributed by atoms with Gasteiger partial charge in [-0.1, -0.05) is 20.8 Å². The van der Waals surface area contributed by atoms with Crippen LogP contribution in [0.2, 0.25) is 0 Å². The quantitative estimate of drug-likeness (QED) is 0.737. The summed E-state index contributed by atoms with van der Waals surface area (Å²) in [5.74, 6) is -0.632. The minimum absolute atomic E-state index is 0. The highest BCUT2D eigenvalue weighted by molar-refractivity contribution is 5.85. The molecule has 24 heavy (non-hydrogen) atoms. The Morgan fingerprint density at radius 1 is 1.04 bits per heavy atom. The molecule has 140 valence electrons. The van der Waals surface area contributed by atoms with E-state index in [1.54, 1.807) is 0 Å². The first-order valence-corrected chi connectivity index (χ1v) is 7.42. The van der Waals surface area contributed by atoms with E-state index < -0.39 is 29.0 Å². The SMILES string of the molecule is CC(C)(C)[C@@H](c1cc(F)ccc1C(F)(F)F)N1CCNCC1.Cl.Cl. The number of rotatable bonds is 2. The van der Waals surface area contributed by atoms with Crippen LogP contribution in [0.25, 0.3) is 0 Å². The number of nitrogens with zero attached hydrogens (tertiary/aromatic N) is 1. The Bertz CT molecular complexity index is 524. The lowest BCUT2D eigenvalue weighted by atomic mass is 9.79. The molecular formula is C16H24Cl2F4N2. The molecule has 0 aromatic heterocycles. The van der Waals surface area contributed by atoms with Crippen LogP contribution in [0.15, 0.2) is 18.2 Å². The lowest BCUT2D eigenvalue weighted by Crippen LogP contribution is -2.48. The maximum absolute atomic E-state index is 13.7. The Morgan fingerprint density at radius 2 is 1.58 bits per heavy atom. The first-order valence-electron chi connectivity index (χ1n) is 7.42. The minimum Gasteiger partial charge on any atom is -0.314 e. The third kappa shape index (κ3) is 5.48. The van der Waals surface area contributed by atoms with Gasteiger partial charge in [-0.15, -0.1) is 24.8 Å². The van der Waals surface area contributed by atoms with Crippen molar-refractivity contribution in [2.24, 2.45) is 5.41 Å². The van der Waals surface area contributed by atoms with Crippen molar-refractivity contribution >= 4 is 24.8 Å². The van der Waals surface area contributed by atoms with Gasteiger partial charge in [-0.3, -0.25) is 4.90 Å². The highest BCUT2D eigenvalue weighted by atomic mass is 35.5. The van der Waals surface area contributed by atoms with Gasteiger partial charge in [0.05, 0.1) is 5.56 Å². The molecule has 8 heteroatoms. The molecule has 1 saturated heterocycles. The van der Waals surface area contributed by atoms with E-state index in [2.05, 4.69) is 5.32 Å². The smallest absolute Gasteiger partial charge is 0.314 e.